The van der Waals surface area contributed by atoms with Gasteiger partial charge in [0.2, 0.25) is 0 Å². The Morgan fingerprint density at radius 1 is 1.07 bits per heavy atom. The summed E-state index contributed by atoms with van der Waals surface area (Å²) in [6.07, 6.45) is 0.441. The van der Waals surface area contributed by atoms with Gasteiger partial charge in [-0.3, -0.25) is 0 Å². The number of nitrogens with zero attached hydrogens (tertiary/aromatic N) is 4. The molecular formula is C20H17BrFN5. The summed E-state index contributed by atoms with van der Waals surface area (Å²) in [6, 6.07) is 14.4. The minimum absolute atomic E-state index is 0.266. The van der Waals surface area contributed by atoms with Gasteiger partial charge in [-0.05, 0) is 55.3 Å². The molecule has 1 N–H and O–H groups in total. The van der Waals surface area contributed by atoms with Crippen molar-refractivity contribution in [3.05, 3.63) is 81.5 Å². The lowest BCUT2D eigenvalue weighted by molar-refractivity contribution is 0.625. The van der Waals surface area contributed by atoms with Gasteiger partial charge < -0.3 is 5.32 Å². The molecule has 0 aliphatic heterocycles. The predicted molar refractivity (Wildman–Crippen MR) is 107 cm³/mol. The molecule has 0 saturated carbocycles. The maximum Gasteiger partial charge on any atom is 0.254 e. The van der Waals surface area contributed by atoms with Crippen molar-refractivity contribution in [1.82, 2.24) is 19.6 Å². The average molecular weight is 426 g/mol. The van der Waals surface area contributed by atoms with Crippen LogP contribution in [0, 0.1) is 19.7 Å². The van der Waals surface area contributed by atoms with E-state index in [1.54, 1.807) is 10.6 Å². The minimum atomic E-state index is -0.266. The second-order valence-electron chi connectivity index (χ2n) is 6.42. The summed E-state index contributed by atoms with van der Waals surface area (Å²) in [7, 11) is 0. The Kier molecular flexibility index (Phi) is 4.61. The van der Waals surface area contributed by atoms with Crippen LogP contribution in [-0.2, 0) is 6.42 Å². The van der Waals surface area contributed by atoms with Gasteiger partial charge in [0.15, 0.2) is 5.82 Å². The zero-order valence-corrected chi connectivity index (χ0v) is 16.5. The first-order chi connectivity index (χ1) is 13.0. The Labute approximate surface area is 164 Å². The number of hydrogen-bond acceptors (Lipinski definition) is 4. The van der Waals surface area contributed by atoms with E-state index in [1.165, 1.54) is 12.1 Å². The smallest absolute Gasteiger partial charge is 0.254 e. The number of aryl methyl sites for hydroxylation is 2. The highest BCUT2D eigenvalue weighted by atomic mass is 79.9. The van der Waals surface area contributed by atoms with E-state index in [2.05, 4.69) is 42.4 Å². The van der Waals surface area contributed by atoms with Crippen molar-refractivity contribution in [2.24, 2.45) is 0 Å². The van der Waals surface area contributed by atoms with Crippen LogP contribution in [-0.4, -0.2) is 19.6 Å². The van der Waals surface area contributed by atoms with Crippen molar-refractivity contribution in [1.29, 1.82) is 0 Å². The van der Waals surface area contributed by atoms with Crippen molar-refractivity contribution < 1.29 is 4.39 Å². The van der Waals surface area contributed by atoms with Gasteiger partial charge >= 0.3 is 0 Å². The number of aromatic nitrogens is 4. The van der Waals surface area contributed by atoms with E-state index in [4.69, 9.17) is 0 Å². The van der Waals surface area contributed by atoms with Gasteiger partial charge in [0.05, 0.1) is 0 Å². The largest absolute Gasteiger partial charge is 0.340 e. The first-order valence-electron chi connectivity index (χ1n) is 8.49. The van der Waals surface area contributed by atoms with E-state index >= 15 is 0 Å². The Morgan fingerprint density at radius 3 is 2.70 bits per heavy atom. The van der Waals surface area contributed by atoms with E-state index in [9.17, 15) is 4.39 Å². The summed E-state index contributed by atoms with van der Waals surface area (Å²) in [5.74, 6) is 1.61. The molecule has 0 amide bonds. The second-order valence-corrected chi connectivity index (χ2v) is 7.27. The summed E-state index contributed by atoms with van der Waals surface area (Å²) in [6.45, 7) is 3.95. The highest BCUT2D eigenvalue weighted by molar-refractivity contribution is 9.10. The number of halogens is 2. The molecule has 136 valence electrons. The molecule has 27 heavy (non-hydrogen) atoms. The van der Waals surface area contributed by atoms with E-state index in [-0.39, 0.29) is 5.82 Å². The standard InChI is InChI=1S/C20H17BrFN5/c1-12-8-16(6-7-17(12)21)24-19-9-13(2)23-20-25-18(26-27(19)20)11-14-4-3-5-15(22)10-14/h3-10,24H,11H2,1-2H3. The molecule has 0 aliphatic rings. The molecular weight excluding hydrogens is 409 g/mol. The van der Waals surface area contributed by atoms with Gasteiger partial charge in [-0.1, -0.05) is 28.1 Å². The third kappa shape index (κ3) is 3.83. The fraction of sp³-hybridized carbons (Fsp3) is 0.150. The van der Waals surface area contributed by atoms with Crippen LogP contribution in [0.5, 0.6) is 0 Å². The van der Waals surface area contributed by atoms with E-state index in [0.717, 1.165) is 32.8 Å². The molecule has 2 aromatic carbocycles. The lowest BCUT2D eigenvalue weighted by atomic mass is 10.1. The van der Waals surface area contributed by atoms with Crippen LogP contribution in [0.4, 0.5) is 15.9 Å². The molecule has 0 atom stereocenters. The molecule has 0 aliphatic carbocycles. The Bertz CT molecular complexity index is 1140. The summed E-state index contributed by atoms with van der Waals surface area (Å²) >= 11 is 3.51. The van der Waals surface area contributed by atoms with Crippen molar-refractivity contribution in [2.45, 2.75) is 20.3 Å². The molecule has 2 heterocycles. The maximum atomic E-state index is 13.4. The lowest BCUT2D eigenvalue weighted by Crippen LogP contribution is -2.03. The Morgan fingerprint density at radius 2 is 1.93 bits per heavy atom. The molecule has 0 radical (unpaired) electrons. The topological polar surface area (TPSA) is 55.1 Å². The predicted octanol–water partition coefficient (Wildman–Crippen LogP) is 4.98. The molecule has 0 bridgehead atoms. The number of benzene rings is 2. The van der Waals surface area contributed by atoms with E-state index in [1.807, 2.05) is 38.1 Å². The van der Waals surface area contributed by atoms with Crippen LogP contribution >= 0.6 is 15.9 Å². The van der Waals surface area contributed by atoms with Gasteiger partial charge in [-0.15, -0.1) is 5.10 Å². The maximum absolute atomic E-state index is 13.4. The number of fused-ring (bicyclic) bond motifs is 1. The van der Waals surface area contributed by atoms with Crippen LogP contribution in [0.25, 0.3) is 5.78 Å². The SMILES string of the molecule is Cc1cc(Nc2ccc(Br)c(C)c2)n2nc(Cc3cccc(F)c3)nc2n1. The summed E-state index contributed by atoms with van der Waals surface area (Å²) in [4.78, 5) is 8.96. The van der Waals surface area contributed by atoms with Crippen LogP contribution in [0.1, 0.15) is 22.6 Å². The van der Waals surface area contributed by atoms with Crippen molar-refractivity contribution in [3.63, 3.8) is 0 Å². The Balaban J connectivity index is 1.70. The van der Waals surface area contributed by atoms with Crippen molar-refractivity contribution in [2.75, 3.05) is 5.32 Å². The number of anilines is 2. The highest BCUT2D eigenvalue weighted by Gasteiger charge is 2.11. The van der Waals surface area contributed by atoms with Crippen LogP contribution in [0.15, 0.2) is 53.0 Å². The lowest BCUT2D eigenvalue weighted by Gasteiger charge is -2.10. The van der Waals surface area contributed by atoms with Crippen LogP contribution in [0.2, 0.25) is 0 Å². The third-order valence-corrected chi connectivity index (χ3v) is 5.06. The molecule has 0 spiro atoms. The number of nitrogens with one attached hydrogen (secondary N) is 1. The number of hydrogen-bond donors (Lipinski definition) is 1. The zero-order valence-electron chi connectivity index (χ0n) is 14.9. The fourth-order valence-electron chi connectivity index (χ4n) is 2.89. The monoisotopic (exact) mass is 425 g/mol. The van der Waals surface area contributed by atoms with Gasteiger partial charge in [-0.25, -0.2) is 9.37 Å². The quantitative estimate of drug-likeness (QED) is 0.500. The molecule has 0 fully saturated rings. The minimum Gasteiger partial charge on any atom is -0.340 e. The molecule has 0 unspecified atom stereocenters. The third-order valence-electron chi connectivity index (χ3n) is 4.17. The van der Waals surface area contributed by atoms with Crippen molar-refractivity contribution >= 4 is 33.2 Å². The van der Waals surface area contributed by atoms with Gasteiger partial charge in [0, 0.05) is 28.3 Å². The fourth-order valence-corrected chi connectivity index (χ4v) is 3.14. The highest BCUT2D eigenvalue weighted by Crippen LogP contribution is 2.23. The van der Waals surface area contributed by atoms with E-state index in [0.29, 0.717) is 18.0 Å². The first kappa shape index (κ1) is 17.6. The molecule has 7 heteroatoms. The normalized spacial score (nSPS) is 11.1. The van der Waals surface area contributed by atoms with Gasteiger partial charge in [0.1, 0.15) is 11.6 Å². The molecule has 4 rings (SSSR count). The molecule has 0 saturated heterocycles. The molecule has 5 nitrogen and oxygen atoms in total. The first-order valence-corrected chi connectivity index (χ1v) is 9.28. The summed E-state index contributed by atoms with van der Waals surface area (Å²) < 4.78 is 16.2. The molecule has 2 aromatic heterocycles. The second kappa shape index (κ2) is 7.08. The molecule has 4 aromatic rings. The average Bonchev–Trinajstić information content (AvgIpc) is 3.00. The summed E-state index contributed by atoms with van der Waals surface area (Å²) in [5, 5.41) is 7.95. The van der Waals surface area contributed by atoms with Crippen LogP contribution in [0.3, 0.4) is 0 Å². The van der Waals surface area contributed by atoms with Gasteiger partial charge in [-0.2, -0.15) is 9.50 Å². The van der Waals surface area contributed by atoms with E-state index < -0.39 is 0 Å². The summed E-state index contributed by atoms with van der Waals surface area (Å²) in [5.41, 5.74) is 3.74. The van der Waals surface area contributed by atoms with Crippen LogP contribution < -0.4 is 5.32 Å². The number of rotatable bonds is 4. The zero-order chi connectivity index (χ0) is 19.0. The van der Waals surface area contributed by atoms with Gasteiger partial charge in [0.25, 0.3) is 5.78 Å². The van der Waals surface area contributed by atoms with Crippen molar-refractivity contribution in [3.8, 4) is 0 Å². The Hall–Kier alpha value is -2.80.